The molecule has 8 heteroatoms. The molecule has 6 nitrogen and oxygen atoms in total. The van der Waals surface area contributed by atoms with Gasteiger partial charge in [-0.2, -0.15) is 0 Å². The number of hydrogen-bond acceptors (Lipinski definition) is 5. The maximum absolute atomic E-state index is 13.3. The number of likely N-dealkylation sites (tertiary alicyclic amines) is 1. The van der Waals surface area contributed by atoms with Crippen molar-refractivity contribution in [2.75, 3.05) is 18.4 Å². The van der Waals surface area contributed by atoms with Gasteiger partial charge in [0.05, 0.1) is 13.2 Å². The number of hydrogen-bond donors (Lipinski definition) is 1. The summed E-state index contributed by atoms with van der Waals surface area (Å²) in [6, 6.07) is 15.7. The van der Waals surface area contributed by atoms with Crippen molar-refractivity contribution in [3.8, 4) is 5.75 Å². The molecule has 1 aliphatic heterocycles. The second kappa shape index (κ2) is 8.72. The molecule has 2 aromatic carbocycles. The lowest BCUT2D eigenvalue weighted by Gasteiger charge is -2.24. The van der Waals surface area contributed by atoms with Gasteiger partial charge in [-0.15, -0.1) is 11.3 Å². The Balaban J connectivity index is 1.65. The summed E-state index contributed by atoms with van der Waals surface area (Å²) in [5.74, 6) is 0.0118. The van der Waals surface area contributed by atoms with E-state index in [4.69, 9.17) is 4.74 Å². The van der Waals surface area contributed by atoms with Crippen molar-refractivity contribution in [3.63, 3.8) is 0 Å². The van der Waals surface area contributed by atoms with E-state index in [0.29, 0.717) is 17.8 Å². The minimum Gasteiger partial charge on any atom is -0.495 e. The van der Waals surface area contributed by atoms with E-state index in [0.717, 1.165) is 23.3 Å². The van der Waals surface area contributed by atoms with Crippen molar-refractivity contribution < 1.29 is 17.9 Å². The van der Waals surface area contributed by atoms with Crippen LogP contribution in [0.2, 0.25) is 0 Å². The molecule has 4 rings (SSSR count). The van der Waals surface area contributed by atoms with Crippen LogP contribution in [0, 0.1) is 6.92 Å². The maximum Gasteiger partial charge on any atom is 0.265 e. The molecule has 0 aliphatic carbocycles. The van der Waals surface area contributed by atoms with Crippen molar-refractivity contribution in [1.82, 2.24) is 4.90 Å². The molecule has 2 heterocycles. The second-order valence-electron chi connectivity index (χ2n) is 7.51. The van der Waals surface area contributed by atoms with Gasteiger partial charge >= 0.3 is 0 Å². The monoisotopic (exact) mass is 456 g/mol. The first-order valence-corrected chi connectivity index (χ1v) is 12.4. The fourth-order valence-electron chi connectivity index (χ4n) is 3.80. The third kappa shape index (κ3) is 4.45. The normalized spacial score (nSPS) is 16.3. The van der Waals surface area contributed by atoms with E-state index in [2.05, 4.69) is 4.72 Å². The summed E-state index contributed by atoms with van der Waals surface area (Å²) in [5.41, 5.74) is 1.80. The lowest BCUT2D eigenvalue weighted by Crippen LogP contribution is -2.30. The zero-order valence-corrected chi connectivity index (χ0v) is 19.0. The summed E-state index contributed by atoms with van der Waals surface area (Å²) in [4.78, 5) is 16.2. The van der Waals surface area contributed by atoms with E-state index < -0.39 is 10.0 Å². The molecule has 1 amide bonds. The van der Waals surface area contributed by atoms with Crippen LogP contribution in [0.25, 0.3) is 0 Å². The van der Waals surface area contributed by atoms with Crippen LogP contribution in [0.15, 0.2) is 64.9 Å². The van der Waals surface area contributed by atoms with E-state index in [1.165, 1.54) is 19.2 Å². The fraction of sp³-hybridized carbons (Fsp3) is 0.261. The van der Waals surface area contributed by atoms with Crippen LogP contribution in [-0.2, 0) is 10.0 Å². The Kier molecular flexibility index (Phi) is 6.02. The molecule has 0 saturated carbocycles. The van der Waals surface area contributed by atoms with Crippen LogP contribution < -0.4 is 9.46 Å². The predicted octanol–water partition coefficient (Wildman–Crippen LogP) is 4.84. The summed E-state index contributed by atoms with van der Waals surface area (Å²) < 4.78 is 34.1. The second-order valence-corrected chi connectivity index (χ2v) is 10.1. The van der Waals surface area contributed by atoms with E-state index in [1.807, 2.05) is 41.5 Å². The molecule has 0 unspecified atom stereocenters. The predicted molar refractivity (Wildman–Crippen MR) is 122 cm³/mol. The summed E-state index contributed by atoms with van der Waals surface area (Å²) in [5, 5.41) is 2.01. The molecule has 162 valence electrons. The number of ether oxygens (including phenoxy) is 1. The van der Waals surface area contributed by atoms with Gasteiger partial charge in [0.15, 0.2) is 0 Å². The molecule has 1 saturated heterocycles. The average molecular weight is 457 g/mol. The summed E-state index contributed by atoms with van der Waals surface area (Å²) >= 11 is 1.63. The van der Waals surface area contributed by atoms with Gasteiger partial charge in [-0.3, -0.25) is 9.52 Å². The van der Waals surface area contributed by atoms with Gasteiger partial charge in [-0.25, -0.2) is 8.42 Å². The van der Waals surface area contributed by atoms with Crippen LogP contribution in [0.3, 0.4) is 0 Å². The standard InChI is InChI=1S/C23H24N2O4S2/c1-16-7-10-18(11-8-16)24-31(27,28)22-15-17(9-12-20(22)29-2)23(26)25-13-3-5-19(25)21-6-4-14-30-21/h4,6-12,14-15,19,24H,3,5,13H2,1-2H3/t19-/m1/s1. The Bertz CT molecular complexity index is 1170. The van der Waals surface area contributed by atoms with Crippen LogP contribution >= 0.6 is 11.3 Å². The number of nitrogens with one attached hydrogen (secondary N) is 1. The van der Waals surface area contributed by atoms with Crippen LogP contribution in [0.4, 0.5) is 5.69 Å². The quantitative estimate of drug-likeness (QED) is 0.576. The van der Waals surface area contributed by atoms with Crippen molar-refractivity contribution in [3.05, 3.63) is 76.0 Å². The molecule has 3 aromatic rings. The van der Waals surface area contributed by atoms with Crippen molar-refractivity contribution in [2.24, 2.45) is 0 Å². The van der Waals surface area contributed by atoms with E-state index in [9.17, 15) is 13.2 Å². The van der Waals surface area contributed by atoms with Crippen molar-refractivity contribution in [1.29, 1.82) is 0 Å². The summed E-state index contributed by atoms with van der Waals surface area (Å²) in [6.07, 6.45) is 1.83. The highest BCUT2D eigenvalue weighted by Gasteiger charge is 2.32. The first kappa shape index (κ1) is 21.4. The topological polar surface area (TPSA) is 75.7 Å². The lowest BCUT2D eigenvalue weighted by atomic mass is 10.1. The number of sulfonamides is 1. The molecule has 1 fully saturated rings. The Labute approximate surface area is 186 Å². The van der Waals surface area contributed by atoms with Gasteiger partial charge in [0.25, 0.3) is 15.9 Å². The highest BCUT2D eigenvalue weighted by molar-refractivity contribution is 7.92. The third-order valence-corrected chi connectivity index (χ3v) is 7.77. The zero-order chi connectivity index (χ0) is 22.0. The smallest absolute Gasteiger partial charge is 0.265 e. The first-order chi connectivity index (χ1) is 14.9. The molecule has 1 aliphatic rings. The third-order valence-electron chi connectivity index (χ3n) is 5.39. The van der Waals surface area contributed by atoms with Crippen LogP contribution in [0.5, 0.6) is 5.75 Å². The molecule has 31 heavy (non-hydrogen) atoms. The van der Waals surface area contributed by atoms with E-state index in [-0.39, 0.29) is 22.6 Å². The molecule has 0 bridgehead atoms. The Morgan fingerprint density at radius 2 is 1.94 bits per heavy atom. The van der Waals surface area contributed by atoms with E-state index in [1.54, 1.807) is 29.5 Å². The minimum atomic E-state index is -3.95. The minimum absolute atomic E-state index is 0.0281. The highest BCUT2D eigenvalue weighted by atomic mass is 32.2. The maximum atomic E-state index is 13.3. The number of aryl methyl sites for hydroxylation is 1. The van der Waals surface area contributed by atoms with E-state index >= 15 is 0 Å². The molecule has 0 radical (unpaired) electrons. The van der Waals surface area contributed by atoms with Gasteiger partial charge in [-0.1, -0.05) is 23.8 Å². The van der Waals surface area contributed by atoms with Crippen LogP contribution in [-0.4, -0.2) is 32.9 Å². The summed E-state index contributed by atoms with van der Waals surface area (Å²) in [7, 11) is -2.54. The zero-order valence-electron chi connectivity index (χ0n) is 17.4. The van der Waals surface area contributed by atoms with Gasteiger partial charge in [0.2, 0.25) is 0 Å². The average Bonchev–Trinajstić information content (AvgIpc) is 3.46. The fourth-order valence-corrected chi connectivity index (χ4v) is 5.93. The number of amides is 1. The molecule has 1 N–H and O–H groups in total. The number of carbonyl (C=O) groups is 1. The van der Waals surface area contributed by atoms with Gasteiger partial charge in [-0.05, 0) is 61.5 Å². The van der Waals surface area contributed by atoms with Gasteiger partial charge < -0.3 is 9.64 Å². The lowest BCUT2D eigenvalue weighted by molar-refractivity contribution is 0.0737. The number of anilines is 1. The highest BCUT2D eigenvalue weighted by Crippen LogP contribution is 2.36. The largest absolute Gasteiger partial charge is 0.495 e. The number of methoxy groups -OCH3 is 1. The molecule has 1 aromatic heterocycles. The Hall–Kier alpha value is -2.84. The molecular formula is C23H24N2O4S2. The summed E-state index contributed by atoms with van der Waals surface area (Å²) in [6.45, 7) is 2.58. The Morgan fingerprint density at radius 1 is 1.16 bits per heavy atom. The molecular weight excluding hydrogens is 432 g/mol. The van der Waals surface area contributed by atoms with Gasteiger partial charge in [0, 0.05) is 22.7 Å². The SMILES string of the molecule is COc1ccc(C(=O)N2CCC[C@@H]2c2cccs2)cc1S(=O)(=O)Nc1ccc(C)cc1. The van der Waals surface area contributed by atoms with Crippen molar-refractivity contribution in [2.45, 2.75) is 30.7 Å². The number of nitrogens with zero attached hydrogens (tertiary/aromatic N) is 1. The van der Waals surface area contributed by atoms with Crippen LogP contribution in [0.1, 0.15) is 39.7 Å². The Morgan fingerprint density at radius 3 is 2.61 bits per heavy atom. The van der Waals surface area contributed by atoms with Gasteiger partial charge in [0.1, 0.15) is 10.6 Å². The number of carbonyl (C=O) groups excluding carboxylic acids is 1. The number of thiophene rings is 1. The molecule has 0 spiro atoms. The molecule has 1 atom stereocenters. The van der Waals surface area contributed by atoms with Crippen molar-refractivity contribution >= 4 is 33.0 Å². The first-order valence-electron chi connectivity index (χ1n) is 10.0. The number of benzene rings is 2. The number of rotatable bonds is 6.